The third-order valence-corrected chi connectivity index (χ3v) is 4.11. The zero-order valence-corrected chi connectivity index (χ0v) is 10.7. The second-order valence-electron chi connectivity index (χ2n) is 4.80. The van der Waals surface area contributed by atoms with Crippen LogP contribution in [-0.4, -0.2) is 31.3 Å². The van der Waals surface area contributed by atoms with Gasteiger partial charge in [-0.25, -0.2) is 4.98 Å². The maximum absolute atomic E-state index is 5.42. The first-order valence-electron chi connectivity index (χ1n) is 5.72. The molecule has 2 aliphatic rings. The zero-order valence-electron chi connectivity index (χ0n) is 9.16. The number of hydrogen-bond acceptors (Lipinski definition) is 3. The molecule has 2 aliphatic heterocycles. The van der Waals surface area contributed by atoms with E-state index in [0.29, 0.717) is 5.41 Å². The highest BCUT2D eigenvalue weighted by atomic mass is 79.9. The second-order valence-corrected chi connectivity index (χ2v) is 5.72. The zero-order chi connectivity index (χ0) is 11.0. The monoisotopic (exact) mass is 282 g/mol. The SMILES string of the molecule is Brc1ccc(N2CC3(CCOCC3)C2)nc1. The fourth-order valence-electron chi connectivity index (χ4n) is 2.60. The van der Waals surface area contributed by atoms with Crippen molar-refractivity contribution in [1.29, 1.82) is 0 Å². The first-order valence-corrected chi connectivity index (χ1v) is 6.51. The fourth-order valence-corrected chi connectivity index (χ4v) is 2.84. The lowest BCUT2D eigenvalue weighted by atomic mass is 9.73. The van der Waals surface area contributed by atoms with Gasteiger partial charge in [-0.3, -0.25) is 0 Å². The van der Waals surface area contributed by atoms with E-state index in [4.69, 9.17) is 4.74 Å². The van der Waals surface area contributed by atoms with E-state index < -0.39 is 0 Å². The highest BCUT2D eigenvalue weighted by Gasteiger charge is 2.44. The van der Waals surface area contributed by atoms with Crippen molar-refractivity contribution in [2.45, 2.75) is 12.8 Å². The second kappa shape index (κ2) is 4.00. The van der Waals surface area contributed by atoms with E-state index in [0.717, 1.165) is 36.6 Å². The van der Waals surface area contributed by atoms with Crippen molar-refractivity contribution in [2.75, 3.05) is 31.2 Å². The molecule has 0 saturated carbocycles. The predicted molar refractivity (Wildman–Crippen MR) is 66.6 cm³/mol. The van der Waals surface area contributed by atoms with Crippen LogP contribution in [0.25, 0.3) is 0 Å². The third-order valence-electron chi connectivity index (χ3n) is 3.64. The largest absolute Gasteiger partial charge is 0.381 e. The number of rotatable bonds is 1. The molecule has 16 heavy (non-hydrogen) atoms. The molecule has 0 aromatic carbocycles. The summed E-state index contributed by atoms with van der Waals surface area (Å²) >= 11 is 3.41. The minimum atomic E-state index is 0.521. The van der Waals surface area contributed by atoms with Gasteiger partial charge in [0.15, 0.2) is 0 Å². The van der Waals surface area contributed by atoms with E-state index >= 15 is 0 Å². The summed E-state index contributed by atoms with van der Waals surface area (Å²) in [4.78, 5) is 6.78. The summed E-state index contributed by atoms with van der Waals surface area (Å²) in [6.07, 6.45) is 4.28. The number of hydrogen-bond donors (Lipinski definition) is 0. The predicted octanol–water partition coefficient (Wildman–Crippen LogP) is 2.46. The number of nitrogens with zero attached hydrogens (tertiary/aromatic N) is 2. The van der Waals surface area contributed by atoms with Crippen LogP contribution in [0.3, 0.4) is 0 Å². The van der Waals surface area contributed by atoms with E-state index in [1.165, 1.54) is 12.8 Å². The average molecular weight is 283 g/mol. The van der Waals surface area contributed by atoms with Crippen LogP contribution in [-0.2, 0) is 4.74 Å². The van der Waals surface area contributed by atoms with Crippen LogP contribution in [0.1, 0.15) is 12.8 Å². The van der Waals surface area contributed by atoms with E-state index in [-0.39, 0.29) is 0 Å². The van der Waals surface area contributed by atoms with Gasteiger partial charge in [-0.15, -0.1) is 0 Å². The Morgan fingerprint density at radius 2 is 2.00 bits per heavy atom. The summed E-state index contributed by atoms with van der Waals surface area (Å²) < 4.78 is 6.46. The first-order chi connectivity index (χ1) is 7.77. The van der Waals surface area contributed by atoms with Gasteiger partial charge in [-0.05, 0) is 40.9 Å². The molecule has 3 heterocycles. The van der Waals surface area contributed by atoms with Crippen LogP contribution in [0.4, 0.5) is 5.82 Å². The Balaban J connectivity index is 1.66. The first kappa shape index (κ1) is 10.5. The standard InChI is InChI=1S/C12H15BrN2O/c13-10-1-2-11(14-7-10)15-8-12(9-15)3-5-16-6-4-12/h1-2,7H,3-6,8-9H2. The van der Waals surface area contributed by atoms with Crippen molar-refractivity contribution in [1.82, 2.24) is 4.98 Å². The molecule has 4 heteroatoms. The van der Waals surface area contributed by atoms with Gasteiger partial charge in [0.25, 0.3) is 0 Å². The molecule has 3 nitrogen and oxygen atoms in total. The molecule has 0 amide bonds. The normalized spacial score (nSPS) is 23.2. The summed E-state index contributed by atoms with van der Waals surface area (Å²) in [5, 5.41) is 0. The van der Waals surface area contributed by atoms with Crippen LogP contribution in [0.15, 0.2) is 22.8 Å². The minimum Gasteiger partial charge on any atom is -0.381 e. The van der Waals surface area contributed by atoms with E-state index in [2.05, 4.69) is 37.9 Å². The number of anilines is 1. The van der Waals surface area contributed by atoms with Crippen LogP contribution in [0.5, 0.6) is 0 Å². The molecule has 0 radical (unpaired) electrons. The number of aromatic nitrogens is 1. The minimum absolute atomic E-state index is 0.521. The van der Waals surface area contributed by atoms with Crippen LogP contribution < -0.4 is 4.90 Å². The molecule has 0 atom stereocenters. The lowest BCUT2D eigenvalue weighted by Gasteiger charge is -2.52. The van der Waals surface area contributed by atoms with Gasteiger partial charge < -0.3 is 9.64 Å². The summed E-state index contributed by atoms with van der Waals surface area (Å²) in [6, 6.07) is 4.13. The number of halogens is 1. The fraction of sp³-hybridized carbons (Fsp3) is 0.583. The molecule has 0 aliphatic carbocycles. The summed E-state index contributed by atoms with van der Waals surface area (Å²) in [5.41, 5.74) is 0.521. The summed E-state index contributed by atoms with van der Waals surface area (Å²) in [6.45, 7) is 4.15. The van der Waals surface area contributed by atoms with Gasteiger partial charge in [0, 0.05) is 42.4 Å². The van der Waals surface area contributed by atoms with Crippen molar-refractivity contribution < 1.29 is 4.74 Å². The summed E-state index contributed by atoms with van der Waals surface area (Å²) in [5.74, 6) is 1.10. The van der Waals surface area contributed by atoms with Crippen molar-refractivity contribution >= 4 is 21.7 Å². The smallest absolute Gasteiger partial charge is 0.128 e. The molecule has 0 N–H and O–H groups in total. The van der Waals surface area contributed by atoms with Gasteiger partial charge in [-0.2, -0.15) is 0 Å². The molecular formula is C12H15BrN2O. The van der Waals surface area contributed by atoms with Crippen molar-refractivity contribution in [3.05, 3.63) is 22.8 Å². The number of pyridine rings is 1. The van der Waals surface area contributed by atoms with Crippen LogP contribution >= 0.6 is 15.9 Å². The Labute approximate surface area is 104 Å². The highest BCUT2D eigenvalue weighted by molar-refractivity contribution is 9.10. The van der Waals surface area contributed by atoms with Gasteiger partial charge in [0.1, 0.15) is 5.82 Å². The Bertz CT molecular complexity index is 365. The van der Waals surface area contributed by atoms with E-state index in [1.807, 2.05) is 6.20 Å². The van der Waals surface area contributed by atoms with E-state index in [9.17, 15) is 0 Å². The molecule has 2 saturated heterocycles. The molecule has 1 spiro atoms. The van der Waals surface area contributed by atoms with Crippen molar-refractivity contribution in [2.24, 2.45) is 5.41 Å². The van der Waals surface area contributed by atoms with Crippen molar-refractivity contribution in [3.8, 4) is 0 Å². The van der Waals surface area contributed by atoms with Gasteiger partial charge >= 0.3 is 0 Å². The van der Waals surface area contributed by atoms with Crippen LogP contribution in [0.2, 0.25) is 0 Å². The molecular weight excluding hydrogens is 268 g/mol. The average Bonchev–Trinajstić information content (AvgIpc) is 2.28. The quantitative estimate of drug-likeness (QED) is 0.791. The Hall–Kier alpha value is -0.610. The Kier molecular flexibility index (Phi) is 2.64. The Morgan fingerprint density at radius 1 is 1.25 bits per heavy atom. The molecule has 86 valence electrons. The molecule has 2 fully saturated rings. The molecule has 3 rings (SSSR count). The highest BCUT2D eigenvalue weighted by Crippen LogP contribution is 2.41. The van der Waals surface area contributed by atoms with Crippen molar-refractivity contribution in [3.63, 3.8) is 0 Å². The summed E-state index contributed by atoms with van der Waals surface area (Å²) in [7, 11) is 0. The van der Waals surface area contributed by atoms with E-state index in [1.54, 1.807) is 0 Å². The maximum Gasteiger partial charge on any atom is 0.128 e. The number of ether oxygens (including phenoxy) is 1. The molecule has 0 unspecified atom stereocenters. The lowest BCUT2D eigenvalue weighted by Crippen LogP contribution is -2.58. The lowest BCUT2D eigenvalue weighted by molar-refractivity contribution is -0.000453. The van der Waals surface area contributed by atoms with Crippen LogP contribution in [0, 0.1) is 5.41 Å². The Morgan fingerprint density at radius 3 is 2.62 bits per heavy atom. The maximum atomic E-state index is 5.42. The molecule has 1 aromatic rings. The molecule has 1 aromatic heterocycles. The van der Waals surface area contributed by atoms with Gasteiger partial charge in [-0.1, -0.05) is 0 Å². The third kappa shape index (κ3) is 1.84. The topological polar surface area (TPSA) is 25.4 Å². The molecule has 0 bridgehead atoms. The van der Waals surface area contributed by atoms with Gasteiger partial charge in [0.05, 0.1) is 0 Å². The van der Waals surface area contributed by atoms with Gasteiger partial charge in [0.2, 0.25) is 0 Å².